The molecule has 10 heavy (non-hydrogen) atoms. The minimum atomic E-state index is -1.29. The van der Waals surface area contributed by atoms with Crippen molar-refractivity contribution in [2.45, 2.75) is 6.92 Å². The lowest BCUT2D eigenvalue weighted by atomic mass is 10.3. The van der Waals surface area contributed by atoms with E-state index < -0.39 is 5.97 Å². The molecule has 0 aliphatic carbocycles. The Morgan fingerprint density at radius 3 is 2.60 bits per heavy atom. The van der Waals surface area contributed by atoms with Gasteiger partial charge in [0, 0.05) is 5.56 Å². The third kappa shape index (κ3) is 1.07. The van der Waals surface area contributed by atoms with E-state index in [4.69, 9.17) is 0 Å². The Kier molecular flexibility index (Phi) is 1.80. The molecule has 0 atom stereocenters. The Balaban J connectivity index is 3.17. The van der Waals surface area contributed by atoms with Gasteiger partial charge in [-0.05, 0) is 22.9 Å². The number of carboxylic acids is 1. The first-order valence-electron chi connectivity index (χ1n) is 2.58. The molecule has 1 aromatic rings. The zero-order valence-electron chi connectivity index (χ0n) is 5.18. The molecule has 4 heteroatoms. The maximum atomic E-state index is 10.2. The Hall–Kier alpha value is -0.770. The first kappa shape index (κ1) is 7.34. The molecule has 0 aliphatic heterocycles. The quantitative estimate of drug-likeness (QED) is 0.676. The number of rotatable bonds is 1. The summed E-state index contributed by atoms with van der Waals surface area (Å²) >= 11 is 3.10. The van der Waals surface area contributed by atoms with Crippen molar-refractivity contribution < 1.29 is 14.3 Å². The fraction of sp³-hybridized carbons (Fsp3) is 0.167. The van der Waals surface area contributed by atoms with Gasteiger partial charge in [-0.2, -0.15) is 0 Å². The van der Waals surface area contributed by atoms with E-state index in [2.05, 4.69) is 20.3 Å². The molecular formula is C6H4BrO3-. The number of hydrogen-bond acceptors (Lipinski definition) is 3. The van der Waals surface area contributed by atoms with E-state index >= 15 is 0 Å². The average Bonchev–Trinajstić information content (AvgIpc) is 2.14. The summed E-state index contributed by atoms with van der Waals surface area (Å²) in [5.74, 6) is -1.41. The van der Waals surface area contributed by atoms with Gasteiger partial charge in [-0.15, -0.1) is 0 Å². The Bertz CT molecular complexity index is 264. The van der Waals surface area contributed by atoms with Gasteiger partial charge in [0.05, 0.1) is 4.47 Å². The van der Waals surface area contributed by atoms with Crippen LogP contribution in [0.15, 0.2) is 15.2 Å². The van der Waals surface area contributed by atoms with Crippen molar-refractivity contribution in [3.05, 3.63) is 22.1 Å². The Labute approximate surface area is 65.8 Å². The highest BCUT2D eigenvalue weighted by Gasteiger charge is 2.06. The summed E-state index contributed by atoms with van der Waals surface area (Å²) in [6, 6.07) is 0. The minimum absolute atomic E-state index is 0.119. The molecule has 0 bridgehead atoms. The lowest BCUT2D eigenvalue weighted by molar-refractivity contribution is -0.257. The maximum absolute atomic E-state index is 10.2. The first-order chi connectivity index (χ1) is 4.63. The number of hydrogen-bond donors (Lipinski definition) is 0. The predicted octanol–water partition coefficient (Wildman–Crippen LogP) is 0.714. The number of carbonyl (C=O) groups is 1. The summed E-state index contributed by atoms with van der Waals surface area (Å²) in [6.45, 7) is 1.64. The van der Waals surface area contributed by atoms with Crippen molar-refractivity contribution in [2.75, 3.05) is 0 Å². The molecule has 1 rings (SSSR count). The van der Waals surface area contributed by atoms with E-state index in [-0.39, 0.29) is 5.76 Å². The van der Waals surface area contributed by atoms with E-state index in [0.29, 0.717) is 10.0 Å². The lowest BCUT2D eigenvalue weighted by Gasteiger charge is -1.96. The van der Waals surface area contributed by atoms with Crippen molar-refractivity contribution in [3.8, 4) is 0 Å². The molecule has 3 nitrogen and oxygen atoms in total. The number of aromatic carboxylic acids is 1. The highest BCUT2D eigenvalue weighted by molar-refractivity contribution is 9.10. The smallest absolute Gasteiger partial charge is 0.153 e. The van der Waals surface area contributed by atoms with E-state index in [1.807, 2.05) is 0 Å². The fourth-order valence-electron chi connectivity index (χ4n) is 0.597. The van der Waals surface area contributed by atoms with Gasteiger partial charge in [0.1, 0.15) is 12.2 Å². The molecule has 0 amide bonds. The second kappa shape index (κ2) is 2.46. The minimum Gasteiger partial charge on any atom is -0.542 e. The lowest BCUT2D eigenvalue weighted by Crippen LogP contribution is -2.22. The van der Waals surface area contributed by atoms with E-state index in [1.54, 1.807) is 6.92 Å². The number of halogens is 1. The van der Waals surface area contributed by atoms with Crippen LogP contribution in [-0.4, -0.2) is 5.97 Å². The molecule has 54 valence electrons. The molecule has 0 N–H and O–H groups in total. The van der Waals surface area contributed by atoms with Crippen LogP contribution in [0.2, 0.25) is 0 Å². The van der Waals surface area contributed by atoms with Gasteiger partial charge in [-0.1, -0.05) is 0 Å². The summed E-state index contributed by atoms with van der Waals surface area (Å²) in [5, 5.41) is 10.2. The summed E-state index contributed by atoms with van der Waals surface area (Å²) in [5.41, 5.74) is 0.556. The van der Waals surface area contributed by atoms with E-state index in [1.165, 1.54) is 6.26 Å². The number of carbonyl (C=O) groups excluding carboxylic acids is 1. The highest BCUT2D eigenvalue weighted by Crippen LogP contribution is 2.20. The zero-order chi connectivity index (χ0) is 7.72. The maximum Gasteiger partial charge on any atom is 0.153 e. The van der Waals surface area contributed by atoms with Crippen LogP contribution >= 0.6 is 15.9 Å². The first-order valence-corrected chi connectivity index (χ1v) is 3.37. The molecule has 0 saturated carbocycles. The summed E-state index contributed by atoms with van der Waals surface area (Å²) in [7, 11) is 0. The zero-order valence-corrected chi connectivity index (χ0v) is 6.77. The van der Waals surface area contributed by atoms with Crippen molar-refractivity contribution >= 4 is 21.9 Å². The molecule has 0 aliphatic rings. The summed E-state index contributed by atoms with van der Waals surface area (Å²) in [4.78, 5) is 10.2. The van der Waals surface area contributed by atoms with Crippen LogP contribution in [0.3, 0.4) is 0 Å². The number of carboxylic acid groups (broad SMARTS) is 1. The largest absolute Gasteiger partial charge is 0.542 e. The Morgan fingerprint density at radius 1 is 1.80 bits per heavy atom. The summed E-state index contributed by atoms with van der Waals surface area (Å²) < 4.78 is 5.29. The van der Waals surface area contributed by atoms with Crippen LogP contribution in [0.4, 0.5) is 0 Å². The molecule has 0 radical (unpaired) electrons. The van der Waals surface area contributed by atoms with E-state index in [0.717, 1.165) is 0 Å². The topological polar surface area (TPSA) is 53.3 Å². The average molecular weight is 204 g/mol. The van der Waals surface area contributed by atoms with Gasteiger partial charge < -0.3 is 14.3 Å². The Morgan fingerprint density at radius 2 is 2.40 bits per heavy atom. The standard InChI is InChI=1S/C6H5BrO3/c1-3-4(7)2-10-5(3)6(8)9/h2H,1H3,(H,8,9)/p-1. The fourth-order valence-corrected chi connectivity index (χ4v) is 0.871. The van der Waals surface area contributed by atoms with Crippen LogP contribution in [0.5, 0.6) is 0 Å². The third-order valence-corrected chi connectivity index (χ3v) is 1.95. The summed E-state index contributed by atoms with van der Waals surface area (Å²) in [6.07, 6.45) is 1.32. The van der Waals surface area contributed by atoms with Crippen molar-refractivity contribution in [3.63, 3.8) is 0 Å². The van der Waals surface area contributed by atoms with Crippen molar-refractivity contribution in [1.82, 2.24) is 0 Å². The SMILES string of the molecule is Cc1c(Br)coc1C(=O)[O-]. The van der Waals surface area contributed by atoms with Gasteiger partial charge >= 0.3 is 0 Å². The van der Waals surface area contributed by atoms with Crippen molar-refractivity contribution in [2.24, 2.45) is 0 Å². The second-order valence-electron chi connectivity index (χ2n) is 1.83. The predicted molar refractivity (Wildman–Crippen MR) is 35.5 cm³/mol. The third-order valence-electron chi connectivity index (χ3n) is 1.16. The van der Waals surface area contributed by atoms with Crippen LogP contribution in [0.1, 0.15) is 16.1 Å². The van der Waals surface area contributed by atoms with Crippen molar-refractivity contribution in [1.29, 1.82) is 0 Å². The van der Waals surface area contributed by atoms with Gasteiger partial charge in [0.15, 0.2) is 5.76 Å². The van der Waals surface area contributed by atoms with Crippen LogP contribution < -0.4 is 5.11 Å². The molecule has 1 heterocycles. The van der Waals surface area contributed by atoms with Crippen LogP contribution in [0.25, 0.3) is 0 Å². The molecule has 1 aromatic heterocycles. The normalized spacial score (nSPS) is 9.80. The second-order valence-corrected chi connectivity index (χ2v) is 2.68. The van der Waals surface area contributed by atoms with Gasteiger partial charge in [-0.3, -0.25) is 0 Å². The molecule has 0 aromatic carbocycles. The number of furan rings is 1. The molecule has 0 unspecified atom stereocenters. The van der Waals surface area contributed by atoms with Gasteiger partial charge in [0.2, 0.25) is 0 Å². The molecular weight excluding hydrogens is 200 g/mol. The van der Waals surface area contributed by atoms with Gasteiger partial charge in [0.25, 0.3) is 0 Å². The van der Waals surface area contributed by atoms with Gasteiger partial charge in [-0.25, -0.2) is 0 Å². The molecule has 0 spiro atoms. The highest BCUT2D eigenvalue weighted by atomic mass is 79.9. The van der Waals surface area contributed by atoms with E-state index in [9.17, 15) is 9.90 Å². The van der Waals surface area contributed by atoms with Crippen LogP contribution in [-0.2, 0) is 0 Å². The monoisotopic (exact) mass is 203 g/mol. The van der Waals surface area contributed by atoms with Crippen LogP contribution in [0, 0.1) is 6.92 Å². The molecule has 0 saturated heterocycles. The molecule has 0 fully saturated rings.